The molecule has 26 heteroatoms. The van der Waals surface area contributed by atoms with E-state index >= 15 is 4.39 Å². The summed E-state index contributed by atoms with van der Waals surface area (Å²) in [5, 5.41) is 17.0. The number of nitrogens with one attached hydrogen (secondary N) is 5. The van der Waals surface area contributed by atoms with Gasteiger partial charge in [0.05, 0.1) is 63.6 Å². The molecule has 7 rings (SSSR count). The van der Waals surface area contributed by atoms with E-state index in [1.54, 1.807) is 44.2 Å². The van der Waals surface area contributed by atoms with Crippen LogP contribution in [0.1, 0.15) is 92.9 Å². The Kier molecular flexibility index (Phi) is 25.9. The molecule has 1 aliphatic carbocycles. The third-order valence-corrected chi connectivity index (χ3v) is 14.7. The van der Waals surface area contributed by atoms with Gasteiger partial charge in [-0.05, 0) is 117 Å². The number of fused-ring (bicyclic) bond motifs is 1. The zero-order chi connectivity index (χ0) is 62.1. The lowest BCUT2D eigenvalue weighted by atomic mass is 10.0. The lowest BCUT2D eigenvalue weighted by Crippen LogP contribution is -2.54. The second-order valence-corrected chi connectivity index (χ2v) is 21.9. The largest absolute Gasteiger partial charge is 0.489 e. The Hall–Kier alpha value is -8.42. The number of ether oxygens (including phenoxy) is 5. The summed E-state index contributed by atoms with van der Waals surface area (Å²) in [5.41, 5.74) is 19.4. The summed E-state index contributed by atoms with van der Waals surface area (Å²) in [4.78, 5) is 95.0. The van der Waals surface area contributed by atoms with Crippen molar-refractivity contribution in [3.63, 3.8) is 0 Å². The van der Waals surface area contributed by atoms with E-state index in [4.69, 9.17) is 34.9 Å². The van der Waals surface area contributed by atoms with Gasteiger partial charge in [-0.1, -0.05) is 31.1 Å². The van der Waals surface area contributed by atoms with Gasteiger partial charge in [0.15, 0.2) is 17.0 Å². The minimum absolute atomic E-state index is 0.0178. The van der Waals surface area contributed by atoms with Crippen molar-refractivity contribution in [2.24, 2.45) is 16.8 Å². The van der Waals surface area contributed by atoms with Crippen molar-refractivity contribution < 1.29 is 52.0 Å². The molecule has 6 amide bonds. The van der Waals surface area contributed by atoms with Crippen molar-refractivity contribution in [2.75, 3.05) is 89.2 Å². The van der Waals surface area contributed by atoms with E-state index in [2.05, 4.69) is 73.1 Å². The molecule has 0 unspecified atom stereocenters. The number of benzene rings is 2. The number of hydrogen-bond donors (Lipinski definition) is 6. The summed E-state index contributed by atoms with van der Waals surface area (Å²) < 4.78 is 45.5. The predicted octanol–water partition coefficient (Wildman–Crippen LogP) is 6.62. The summed E-state index contributed by atoms with van der Waals surface area (Å²) in [5.74, 6) is -2.68. The van der Waals surface area contributed by atoms with Gasteiger partial charge < -0.3 is 65.5 Å². The van der Waals surface area contributed by atoms with Crippen LogP contribution in [0.2, 0.25) is 0 Å². The number of alkyl carbamates (subject to hydrolysis) is 1. The van der Waals surface area contributed by atoms with Gasteiger partial charge in [-0.3, -0.25) is 34.0 Å². The highest BCUT2D eigenvalue weighted by molar-refractivity contribution is 5.98. The number of azide groups is 1. The molecule has 2 fully saturated rings. The third kappa shape index (κ3) is 21.5. The fourth-order valence-electron chi connectivity index (χ4n) is 10.0. The summed E-state index contributed by atoms with van der Waals surface area (Å²) in [6.07, 6.45) is 9.05. The quantitative estimate of drug-likeness (QED) is 0.0107. The molecular formula is C61H81FN14O11. The average molecular weight is 1210 g/mol. The van der Waals surface area contributed by atoms with Crippen LogP contribution in [0.25, 0.3) is 21.3 Å². The van der Waals surface area contributed by atoms with Crippen molar-refractivity contribution in [3.8, 4) is 5.75 Å². The summed E-state index contributed by atoms with van der Waals surface area (Å²) in [6.45, 7) is 11.7. The fraction of sp³-hybridized carbons (Fsp3) is 0.508. The van der Waals surface area contributed by atoms with Crippen LogP contribution in [0.5, 0.6) is 5.75 Å². The number of urea groups is 1. The molecule has 3 atom stereocenters. The van der Waals surface area contributed by atoms with Gasteiger partial charge in [0.2, 0.25) is 17.7 Å². The minimum Gasteiger partial charge on any atom is -0.489 e. The van der Waals surface area contributed by atoms with Gasteiger partial charge in [-0.25, -0.2) is 14.0 Å². The van der Waals surface area contributed by atoms with E-state index in [9.17, 15) is 28.8 Å². The van der Waals surface area contributed by atoms with E-state index in [1.165, 1.54) is 6.07 Å². The number of piperidine rings is 1. The third-order valence-electron chi connectivity index (χ3n) is 14.7. The molecule has 25 nitrogen and oxygen atoms in total. The highest BCUT2D eigenvalue weighted by atomic mass is 19.1. The van der Waals surface area contributed by atoms with E-state index in [0.29, 0.717) is 55.2 Å². The summed E-state index contributed by atoms with van der Waals surface area (Å²) >= 11 is 0. The number of hydrogen-bond acceptors (Lipinski definition) is 16. The maximum absolute atomic E-state index is 16.0. The average Bonchev–Trinajstić information content (AvgIpc) is 2.37. The van der Waals surface area contributed by atoms with Crippen LogP contribution in [0, 0.1) is 25.6 Å². The molecule has 0 radical (unpaired) electrons. The molecule has 1 saturated heterocycles. The van der Waals surface area contributed by atoms with Gasteiger partial charge in [-0.15, -0.1) is 0 Å². The van der Waals surface area contributed by atoms with Crippen LogP contribution in [-0.2, 0) is 53.0 Å². The Morgan fingerprint density at radius 2 is 1.61 bits per heavy atom. The number of aromatic nitrogens is 3. The standard InChI is InChI=1S/C61H81FN14O11/c1-40(2)56(72-55(77)18-24-83-27-29-85-30-28-84-25-22-69-73-64)59(80)71-52(8-5-19-66-60(63)81)58(79)70-46-12-10-43(11-13-46)39-87-61(82)67-21-26-86-54-33-53-50(32-51(54)62)57(78)45(37-76(53)47-15-16-47)36-75(35-44-17-20-65-42(4)31-44)49-7-6-23-74(38-49)48-14-9-41(3)68-34-48/h9-14,17,20,31-34,37,40,47,49,52,56H,5-8,15-16,18-19,21-30,35-36,38-39H2,1-4H3,(H,67,82)(H,70,79)(H,71,80)(H,72,77)(H3,63,66,81)/t49-,52-,56-/m0/s1. The van der Waals surface area contributed by atoms with E-state index < -0.39 is 47.7 Å². The minimum atomic E-state index is -1.07. The SMILES string of the molecule is Cc1ccc(N2CCC[C@H](N(Cc3ccnc(C)c3)Cc3cn(C4CC4)c4cc(OCCNC(=O)OCc5ccc(NC(=O)[C@H](CCCNC(N)=O)NC(=O)[C@@H](NC(=O)CCOCCOCCOCCN=[N+]=[N-])C(C)C)cc5)c(F)cc4c3=O)C2)cn1. The number of pyridine rings is 3. The van der Waals surface area contributed by atoms with Gasteiger partial charge >= 0.3 is 12.1 Å². The fourth-order valence-corrected chi connectivity index (χ4v) is 10.0. The number of carbonyl (C=O) groups is 5. The smallest absolute Gasteiger partial charge is 0.407 e. The van der Waals surface area contributed by atoms with E-state index in [1.807, 2.05) is 44.6 Å². The van der Waals surface area contributed by atoms with Gasteiger partial charge in [0.25, 0.3) is 0 Å². The van der Waals surface area contributed by atoms with E-state index in [0.717, 1.165) is 61.4 Å². The molecule has 1 saturated carbocycles. The topological polar surface area (TPSA) is 321 Å². The molecule has 0 bridgehead atoms. The lowest BCUT2D eigenvalue weighted by molar-refractivity contribution is -0.132. The summed E-state index contributed by atoms with van der Waals surface area (Å²) in [7, 11) is 0. The van der Waals surface area contributed by atoms with Crippen LogP contribution in [-0.4, -0.2) is 146 Å². The molecule has 5 aromatic rings. The van der Waals surface area contributed by atoms with Crippen molar-refractivity contribution in [1.82, 2.24) is 40.7 Å². The van der Waals surface area contributed by atoms with Crippen molar-refractivity contribution in [3.05, 3.63) is 134 Å². The van der Waals surface area contributed by atoms with Crippen molar-refractivity contribution in [1.29, 1.82) is 0 Å². The molecule has 468 valence electrons. The molecule has 0 spiro atoms. The van der Waals surface area contributed by atoms with Crippen LogP contribution in [0.15, 0.2) is 89.2 Å². The molecule has 87 heavy (non-hydrogen) atoms. The van der Waals surface area contributed by atoms with Crippen LogP contribution in [0.3, 0.4) is 0 Å². The maximum atomic E-state index is 16.0. The first-order valence-electron chi connectivity index (χ1n) is 29.6. The molecule has 1 aliphatic heterocycles. The van der Waals surface area contributed by atoms with Crippen LogP contribution >= 0.6 is 0 Å². The Labute approximate surface area is 505 Å². The van der Waals surface area contributed by atoms with Gasteiger partial charge in [0.1, 0.15) is 25.3 Å². The van der Waals surface area contributed by atoms with E-state index in [-0.39, 0.29) is 106 Å². The number of carbonyl (C=O) groups excluding carboxylic acids is 5. The Balaban J connectivity index is 0.880. The zero-order valence-electron chi connectivity index (χ0n) is 50.0. The first-order chi connectivity index (χ1) is 42.0. The second kappa shape index (κ2) is 34.1. The molecular weight excluding hydrogens is 1120 g/mol. The maximum Gasteiger partial charge on any atom is 0.407 e. The second-order valence-electron chi connectivity index (χ2n) is 21.9. The van der Waals surface area contributed by atoms with Crippen LogP contribution in [0.4, 0.5) is 25.4 Å². The predicted molar refractivity (Wildman–Crippen MR) is 324 cm³/mol. The van der Waals surface area contributed by atoms with Crippen LogP contribution < -0.4 is 47.4 Å². The Morgan fingerprint density at radius 3 is 2.31 bits per heavy atom. The Morgan fingerprint density at radius 1 is 0.851 bits per heavy atom. The normalized spacial score (nSPS) is 14.7. The van der Waals surface area contributed by atoms with Crippen molar-refractivity contribution >= 4 is 52.1 Å². The first-order valence-corrected chi connectivity index (χ1v) is 29.6. The number of nitrogens with zero attached hydrogens (tertiary/aromatic N) is 8. The van der Waals surface area contributed by atoms with Gasteiger partial charge in [-0.2, -0.15) is 0 Å². The van der Waals surface area contributed by atoms with Gasteiger partial charge in [0, 0.05) is 109 Å². The summed E-state index contributed by atoms with van der Waals surface area (Å²) in [6, 6.07) is 15.0. The number of primary amides is 1. The molecule has 7 N–H and O–H groups in total. The Bertz CT molecular complexity index is 3200. The molecule has 3 aromatic heterocycles. The highest BCUT2D eigenvalue weighted by Crippen LogP contribution is 2.38. The number of anilines is 2. The number of halogens is 1. The number of aryl methyl sites for hydroxylation is 2. The first kappa shape index (κ1) is 66.1. The highest BCUT2D eigenvalue weighted by Gasteiger charge is 2.32. The number of amides is 6. The number of rotatable bonds is 35. The lowest BCUT2D eigenvalue weighted by Gasteiger charge is -2.40. The monoisotopic (exact) mass is 1200 g/mol. The molecule has 4 heterocycles. The van der Waals surface area contributed by atoms with Crippen molar-refractivity contribution in [2.45, 2.75) is 117 Å². The zero-order valence-corrected chi connectivity index (χ0v) is 50.0. The number of nitrogens with two attached hydrogens (primary N) is 1. The molecule has 2 aliphatic rings. The molecule has 2 aromatic carbocycles.